The Labute approximate surface area is 143 Å². The summed E-state index contributed by atoms with van der Waals surface area (Å²) >= 11 is 1.21. The summed E-state index contributed by atoms with van der Waals surface area (Å²) in [5, 5.41) is 3.36. The minimum absolute atomic E-state index is 0.126. The lowest BCUT2D eigenvalue weighted by molar-refractivity contribution is -0.159. The summed E-state index contributed by atoms with van der Waals surface area (Å²) in [7, 11) is 3.25. The van der Waals surface area contributed by atoms with Crippen molar-refractivity contribution in [2.45, 2.75) is 12.7 Å². The number of halogens is 3. The highest BCUT2D eigenvalue weighted by Gasteiger charge is 2.38. The first-order valence-electron chi connectivity index (χ1n) is 6.98. The molecule has 11 heteroatoms. The molecule has 0 aliphatic rings. The van der Waals surface area contributed by atoms with Crippen molar-refractivity contribution in [3.63, 3.8) is 0 Å². The molecule has 0 atom stereocenters. The molecule has 1 amide bonds. The Bertz CT molecular complexity index is 896. The summed E-state index contributed by atoms with van der Waals surface area (Å²) < 4.78 is 43.5. The predicted molar refractivity (Wildman–Crippen MR) is 82.0 cm³/mol. The maximum atomic E-state index is 12.5. The second kappa shape index (κ2) is 6.31. The summed E-state index contributed by atoms with van der Waals surface area (Å²) in [5.41, 5.74) is 0. The first kappa shape index (κ1) is 17.1. The molecular formula is C14H12F3N5O2S. The number of rotatable bonds is 4. The fraction of sp³-hybridized carbons (Fsp3) is 0.286. The molecule has 7 nitrogen and oxygen atoms in total. The molecule has 0 radical (unpaired) electrons. The van der Waals surface area contributed by atoms with Crippen LogP contribution >= 0.6 is 11.3 Å². The molecule has 0 aliphatic carbocycles. The van der Waals surface area contributed by atoms with Crippen LogP contribution in [-0.2, 0) is 12.7 Å². The van der Waals surface area contributed by atoms with Gasteiger partial charge in [0.05, 0.1) is 11.4 Å². The molecule has 0 unspecified atom stereocenters. The number of alkyl halides is 3. The van der Waals surface area contributed by atoms with Crippen LogP contribution in [0.25, 0.3) is 10.7 Å². The molecule has 0 spiro atoms. The van der Waals surface area contributed by atoms with E-state index in [0.29, 0.717) is 11.4 Å². The maximum Gasteiger partial charge on any atom is 0.471 e. The van der Waals surface area contributed by atoms with Crippen molar-refractivity contribution >= 4 is 17.2 Å². The van der Waals surface area contributed by atoms with E-state index in [1.165, 1.54) is 22.4 Å². The van der Waals surface area contributed by atoms with Crippen molar-refractivity contribution < 1.29 is 22.5 Å². The van der Waals surface area contributed by atoms with E-state index in [2.05, 4.69) is 19.6 Å². The smallest absolute Gasteiger partial charge is 0.342 e. The van der Waals surface area contributed by atoms with Crippen molar-refractivity contribution in [2.75, 3.05) is 14.1 Å². The Morgan fingerprint density at radius 2 is 2.12 bits per heavy atom. The van der Waals surface area contributed by atoms with Crippen LogP contribution < -0.4 is 0 Å². The van der Waals surface area contributed by atoms with Gasteiger partial charge in [-0.3, -0.25) is 4.79 Å². The minimum Gasteiger partial charge on any atom is -0.342 e. The number of aromatic nitrogens is 4. The molecule has 3 aromatic heterocycles. The summed E-state index contributed by atoms with van der Waals surface area (Å²) in [6.07, 6.45) is -1.50. The molecule has 0 bridgehead atoms. The quantitative estimate of drug-likeness (QED) is 0.705. The predicted octanol–water partition coefficient (Wildman–Crippen LogP) is 2.76. The molecular weight excluding hydrogens is 359 g/mol. The van der Waals surface area contributed by atoms with Crippen LogP contribution in [0.2, 0.25) is 0 Å². The Kier molecular flexibility index (Phi) is 4.33. The highest BCUT2D eigenvalue weighted by atomic mass is 32.1. The SMILES string of the molecule is CN(C)C(=O)c1nccn1Cc1ccc(-c2noc(C(F)(F)F)n2)s1. The van der Waals surface area contributed by atoms with E-state index >= 15 is 0 Å². The van der Waals surface area contributed by atoms with Crippen LogP contribution in [0.5, 0.6) is 0 Å². The van der Waals surface area contributed by atoms with Gasteiger partial charge in [-0.15, -0.1) is 11.3 Å². The zero-order chi connectivity index (χ0) is 18.2. The number of hydrogen-bond donors (Lipinski definition) is 0. The number of imidazole rings is 1. The number of thiophene rings is 1. The summed E-state index contributed by atoms with van der Waals surface area (Å²) in [4.78, 5) is 22.1. The summed E-state index contributed by atoms with van der Waals surface area (Å²) in [6.45, 7) is 0.351. The van der Waals surface area contributed by atoms with Crippen molar-refractivity contribution in [2.24, 2.45) is 0 Å². The van der Waals surface area contributed by atoms with E-state index in [-0.39, 0.29) is 17.6 Å². The van der Waals surface area contributed by atoms with Gasteiger partial charge in [0, 0.05) is 31.4 Å². The van der Waals surface area contributed by atoms with E-state index < -0.39 is 12.1 Å². The fourth-order valence-electron chi connectivity index (χ4n) is 2.02. The van der Waals surface area contributed by atoms with Crippen LogP contribution in [0.15, 0.2) is 29.0 Å². The Hall–Kier alpha value is -2.69. The van der Waals surface area contributed by atoms with Gasteiger partial charge in [0.1, 0.15) is 0 Å². The van der Waals surface area contributed by atoms with Gasteiger partial charge < -0.3 is 14.0 Å². The van der Waals surface area contributed by atoms with Crippen molar-refractivity contribution in [3.05, 3.63) is 41.1 Å². The van der Waals surface area contributed by atoms with Gasteiger partial charge in [-0.05, 0) is 12.1 Å². The average molecular weight is 371 g/mol. The number of nitrogens with zero attached hydrogens (tertiary/aromatic N) is 5. The zero-order valence-corrected chi connectivity index (χ0v) is 13.9. The van der Waals surface area contributed by atoms with Gasteiger partial charge in [-0.25, -0.2) is 4.98 Å². The molecule has 3 heterocycles. The highest BCUT2D eigenvalue weighted by Crippen LogP contribution is 2.31. The van der Waals surface area contributed by atoms with Crippen molar-refractivity contribution in [1.29, 1.82) is 0 Å². The molecule has 0 aliphatic heterocycles. The molecule has 25 heavy (non-hydrogen) atoms. The fourth-order valence-corrected chi connectivity index (χ4v) is 2.96. The maximum absolute atomic E-state index is 12.5. The van der Waals surface area contributed by atoms with Gasteiger partial charge >= 0.3 is 12.1 Å². The Morgan fingerprint density at radius 1 is 1.36 bits per heavy atom. The van der Waals surface area contributed by atoms with Gasteiger partial charge in [0.25, 0.3) is 5.91 Å². The third-order valence-electron chi connectivity index (χ3n) is 3.19. The van der Waals surface area contributed by atoms with E-state index in [0.717, 1.165) is 4.88 Å². The second-order valence-corrected chi connectivity index (χ2v) is 6.43. The van der Waals surface area contributed by atoms with E-state index in [1.54, 1.807) is 37.0 Å². The standard InChI is InChI=1S/C14H12F3N5O2S/c1-21(2)12(23)11-18-5-6-22(11)7-8-3-4-9(25-8)10-19-13(24-20-10)14(15,16)17/h3-6H,7H2,1-2H3. The lowest BCUT2D eigenvalue weighted by atomic mass is 10.4. The van der Waals surface area contributed by atoms with Gasteiger partial charge in [0.15, 0.2) is 5.82 Å². The number of hydrogen-bond acceptors (Lipinski definition) is 6. The Morgan fingerprint density at radius 3 is 2.76 bits per heavy atom. The molecule has 3 rings (SSSR count). The average Bonchev–Trinajstić information content (AvgIpc) is 3.26. The van der Waals surface area contributed by atoms with E-state index in [9.17, 15) is 18.0 Å². The normalized spacial score (nSPS) is 11.7. The topological polar surface area (TPSA) is 77.0 Å². The van der Waals surface area contributed by atoms with Gasteiger partial charge in [0.2, 0.25) is 5.82 Å². The van der Waals surface area contributed by atoms with Crippen LogP contribution in [0.3, 0.4) is 0 Å². The molecule has 132 valence electrons. The number of carbonyl (C=O) groups excluding carboxylic acids is 1. The minimum atomic E-state index is -4.68. The largest absolute Gasteiger partial charge is 0.471 e. The molecule has 0 aromatic carbocycles. The van der Waals surface area contributed by atoms with Crippen LogP contribution in [0, 0.1) is 0 Å². The van der Waals surface area contributed by atoms with E-state index in [4.69, 9.17) is 0 Å². The van der Waals surface area contributed by atoms with Crippen molar-refractivity contribution in [3.8, 4) is 10.7 Å². The molecule has 0 saturated heterocycles. The number of amides is 1. The highest BCUT2D eigenvalue weighted by molar-refractivity contribution is 7.15. The molecule has 3 aromatic rings. The molecule has 0 N–H and O–H groups in total. The molecule has 0 saturated carbocycles. The van der Waals surface area contributed by atoms with Gasteiger partial charge in [-0.1, -0.05) is 5.16 Å². The Balaban J connectivity index is 1.80. The summed E-state index contributed by atoms with van der Waals surface area (Å²) in [6, 6.07) is 3.34. The summed E-state index contributed by atoms with van der Waals surface area (Å²) in [5.74, 6) is -1.47. The third-order valence-corrected chi connectivity index (χ3v) is 4.26. The van der Waals surface area contributed by atoms with Crippen LogP contribution in [-0.4, -0.2) is 44.6 Å². The lowest BCUT2D eigenvalue weighted by Gasteiger charge is -2.11. The monoisotopic (exact) mass is 371 g/mol. The van der Waals surface area contributed by atoms with Crippen LogP contribution in [0.1, 0.15) is 21.4 Å². The van der Waals surface area contributed by atoms with E-state index in [1.807, 2.05) is 0 Å². The van der Waals surface area contributed by atoms with Crippen molar-refractivity contribution in [1.82, 2.24) is 24.6 Å². The molecule has 0 fully saturated rings. The lowest BCUT2D eigenvalue weighted by Crippen LogP contribution is -2.25. The first-order valence-corrected chi connectivity index (χ1v) is 7.80. The zero-order valence-electron chi connectivity index (χ0n) is 13.1. The van der Waals surface area contributed by atoms with Crippen LogP contribution in [0.4, 0.5) is 13.2 Å². The van der Waals surface area contributed by atoms with Gasteiger partial charge in [-0.2, -0.15) is 18.2 Å². The first-order chi connectivity index (χ1) is 11.8. The second-order valence-electron chi connectivity index (χ2n) is 5.27. The third kappa shape index (κ3) is 3.55. The number of carbonyl (C=O) groups is 1.